The second-order valence-corrected chi connectivity index (χ2v) is 7.52. The molecular weight excluding hydrogens is 272 g/mol. The van der Waals surface area contributed by atoms with Crippen molar-refractivity contribution in [1.82, 2.24) is 15.2 Å². The fourth-order valence-corrected chi connectivity index (χ4v) is 3.20. The van der Waals surface area contributed by atoms with Gasteiger partial charge in [0.15, 0.2) is 0 Å². The summed E-state index contributed by atoms with van der Waals surface area (Å²) in [6, 6.07) is 0.222. The Morgan fingerprint density at radius 3 is 2.40 bits per heavy atom. The molecule has 0 saturated carbocycles. The Morgan fingerprint density at radius 1 is 1.40 bits per heavy atom. The number of aryl methyl sites for hydroxylation is 2. The molecule has 5 heteroatoms. The fourth-order valence-electron chi connectivity index (χ4n) is 2.96. The van der Waals surface area contributed by atoms with Gasteiger partial charge < -0.3 is 0 Å². The zero-order valence-corrected chi connectivity index (χ0v) is 14.4. The molecule has 1 rings (SSSR count). The van der Waals surface area contributed by atoms with Gasteiger partial charge in [0, 0.05) is 19.5 Å². The molecule has 1 aromatic rings. The number of nitrogens with one attached hydrogen (secondary N) is 1. The van der Waals surface area contributed by atoms with Crippen molar-refractivity contribution in [1.29, 1.82) is 0 Å². The van der Waals surface area contributed by atoms with Crippen LogP contribution in [0.5, 0.6) is 0 Å². The molecule has 0 aromatic carbocycles. The zero-order valence-electron chi connectivity index (χ0n) is 13.6. The highest BCUT2D eigenvalue weighted by Crippen LogP contribution is 2.28. The van der Waals surface area contributed by atoms with Crippen LogP contribution in [0, 0.1) is 18.3 Å². The standard InChI is InChI=1S/C15H29ClN4/c1-10(9-15(3,4)5)7-12(18-17)8-13-14(16)11(2)19-20(13)6/h10,12,18H,7-9,17H2,1-6H3. The molecule has 4 nitrogen and oxygen atoms in total. The molecule has 0 saturated heterocycles. The van der Waals surface area contributed by atoms with Gasteiger partial charge in [-0.2, -0.15) is 5.10 Å². The van der Waals surface area contributed by atoms with E-state index in [0.717, 1.165) is 29.3 Å². The van der Waals surface area contributed by atoms with Gasteiger partial charge in [0.05, 0.1) is 16.4 Å². The highest BCUT2D eigenvalue weighted by molar-refractivity contribution is 6.31. The molecule has 0 aliphatic carbocycles. The normalized spacial score (nSPS) is 15.4. The summed E-state index contributed by atoms with van der Waals surface area (Å²) in [5, 5.41) is 5.11. The average molecular weight is 301 g/mol. The first kappa shape index (κ1) is 17.5. The quantitative estimate of drug-likeness (QED) is 0.626. The maximum absolute atomic E-state index is 6.31. The number of rotatable bonds is 6. The molecule has 0 bridgehead atoms. The minimum atomic E-state index is 0.222. The van der Waals surface area contributed by atoms with E-state index in [-0.39, 0.29) is 6.04 Å². The number of hydrogen-bond acceptors (Lipinski definition) is 3. The molecule has 0 fully saturated rings. The molecule has 1 heterocycles. The maximum Gasteiger partial charge on any atom is 0.0847 e. The Kier molecular flexibility index (Phi) is 6.05. The van der Waals surface area contributed by atoms with Crippen molar-refractivity contribution in [3.63, 3.8) is 0 Å². The van der Waals surface area contributed by atoms with E-state index in [0.29, 0.717) is 11.3 Å². The van der Waals surface area contributed by atoms with Gasteiger partial charge in [-0.05, 0) is 31.1 Å². The number of halogens is 1. The van der Waals surface area contributed by atoms with Gasteiger partial charge >= 0.3 is 0 Å². The van der Waals surface area contributed by atoms with Gasteiger partial charge in [-0.15, -0.1) is 0 Å². The summed E-state index contributed by atoms with van der Waals surface area (Å²) in [5.74, 6) is 6.33. The zero-order chi connectivity index (χ0) is 15.5. The van der Waals surface area contributed by atoms with Gasteiger partial charge in [0.1, 0.15) is 0 Å². The lowest BCUT2D eigenvalue weighted by molar-refractivity contribution is 0.273. The first-order valence-corrected chi connectivity index (χ1v) is 7.66. The average Bonchev–Trinajstić information content (AvgIpc) is 2.52. The summed E-state index contributed by atoms with van der Waals surface area (Å²) in [6.45, 7) is 11.0. The van der Waals surface area contributed by atoms with Crippen LogP contribution in [0.15, 0.2) is 0 Å². The second kappa shape index (κ2) is 6.92. The molecule has 20 heavy (non-hydrogen) atoms. The Morgan fingerprint density at radius 2 is 2.00 bits per heavy atom. The Bertz CT molecular complexity index is 434. The number of nitrogens with zero attached hydrogens (tertiary/aromatic N) is 2. The summed E-state index contributed by atoms with van der Waals surface area (Å²) in [6.07, 6.45) is 3.03. The largest absolute Gasteiger partial charge is 0.271 e. The molecule has 3 N–H and O–H groups in total. The number of hydrogen-bond donors (Lipinski definition) is 2. The first-order valence-electron chi connectivity index (χ1n) is 7.28. The summed E-state index contributed by atoms with van der Waals surface area (Å²) in [4.78, 5) is 0. The highest BCUT2D eigenvalue weighted by atomic mass is 35.5. The van der Waals surface area contributed by atoms with Crippen molar-refractivity contribution in [2.45, 2.75) is 59.9 Å². The van der Waals surface area contributed by atoms with Crippen LogP contribution < -0.4 is 11.3 Å². The lowest BCUT2D eigenvalue weighted by atomic mass is 9.82. The van der Waals surface area contributed by atoms with Crippen LogP contribution in [0.4, 0.5) is 0 Å². The monoisotopic (exact) mass is 300 g/mol. The Balaban J connectivity index is 2.68. The molecule has 0 aliphatic rings. The van der Waals surface area contributed by atoms with Crippen molar-refractivity contribution >= 4 is 11.6 Å². The lowest BCUT2D eigenvalue weighted by Gasteiger charge is -2.26. The van der Waals surface area contributed by atoms with E-state index in [1.165, 1.54) is 6.42 Å². The van der Waals surface area contributed by atoms with E-state index in [9.17, 15) is 0 Å². The second-order valence-electron chi connectivity index (χ2n) is 7.14. The van der Waals surface area contributed by atoms with Crippen LogP contribution in [-0.2, 0) is 13.5 Å². The number of hydrazine groups is 1. The van der Waals surface area contributed by atoms with Gasteiger partial charge in [0.25, 0.3) is 0 Å². The topological polar surface area (TPSA) is 55.9 Å². The lowest BCUT2D eigenvalue weighted by Crippen LogP contribution is -2.38. The molecule has 0 spiro atoms. The third-order valence-corrected chi connectivity index (χ3v) is 4.08. The van der Waals surface area contributed by atoms with Gasteiger partial charge in [-0.1, -0.05) is 39.3 Å². The molecule has 2 atom stereocenters. The van der Waals surface area contributed by atoms with E-state index >= 15 is 0 Å². The van der Waals surface area contributed by atoms with Gasteiger partial charge in [-0.3, -0.25) is 16.0 Å². The van der Waals surface area contributed by atoms with Crippen molar-refractivity contribution in [2.24, 2.45) is 24.2 Å². The SMILES string of the molecule is Cc1nn(C)c(CC(CC(C)CC(C)(C)C)NN)c1Cl. The van der Waals surface area contributed by atoms with Crippen molar-refractivity contribution in [3.05, 3.63) is 16.4 Å². The van der Waals surface area contributed by atoms with Crippen molar-refractivity contribution in [2.75, 3.05) is 0 Å². The van der Waals surface area contributed by atoms with E-state index in [2.05, 4.69) is 38.2 Å². The highest BCUT2D eigenvalue weighted by Gasteiger charge is 2.21. The number of nitrogens with two attached hydrogens (primary N) is 1. The number of aromatic nitrogens is 2. The van der Waals surface area contributed by atoms with Crippen molar-refractivity contribution < 1.29 is 0 Å². The molecule has 0 aliphatic heterocycles. The molecule has 116 valence electrons. The van der Waals surface area contributed by atoms with Crippen LogP contribution in [0.1, 0.15) is 51.9 Å². The molecule has 1 aromatic heterocycles. The van der Waals surface area contributed by atoms with Crippen LogP contribution in [0.25, 0.3) is 0 Å². The first-order chi connectivity index (χ1) is 9.14. The summed E-state index contributed by atoms with van der Waals surface area (Å²) in [7, 11) is 1.93. The van der Waals surface area contributed by atoms with Gasteiger partial charge in [-0.25, -0.2) is 0 Å². The Labute approximate surface area is 128 Å². The van der Waals surface area contributed by atoms with E-state index in [4.69, 9.17) is 17.4 Å². The van der Waals surface area contributed by atoms with E-state index in [1.54, 1.807) is 0 Å². The van der Waals surface area contributed by atoms with Crippen LogP contribution in [0.3, 0.4) is 0 Å². The third kappa shape index (κ3) is 5.08. The Hall–Kier alpha value is -0.580. The molecule has 0 amide bonds. The molecule has 2 unspecified atom stereocenters. The smallest absolute Gasteiger partial charge is 0.0847 e. The summed E-state index contributed by atoms with van der Waals surface area (Å²) < 4.78 is 1.86. The van der Waals surface area contributed by atoms with Crippen LogP contribution in [-0.4, -0.2) is 15.8 Å². The third-order valence-electron chi connectivity index (χ3n) is 3.58. The fraction of sp³-hybridized carbons (Fsp3) is 0.800. The maximum atomic E-state index is 6.31. The predicted octanol–water partition coefficient (Wildman–Crippen LogP) is 3.22. The molecular formula is C15H29ClN4. The predicted molar refractivity (Wildman–Crippen MR) is 85.6 cm³/mol. The minimum absolute atomic E-state index is 0.222. The van der Waals surface area contributed by atoms with Gasteiger partial charge in [0.2, 0.25) is 0 Å². The minimum Gasteiger partial charge on any atom is -0.271 e. The van der Waals surface area contributed by atoms with Crippen LogP contribution >= 0.6 is 11.6 Å². The summed E-state index contributed by atoms with van der Waals surface area (Å²) in [5.41, 5.74) is 5.21. The molecule has 0 radical (unpaired) electrons. The van der Waals surface area contributed by atoms with Crippen molar-refractivity contribution in [3.8, 4) is 0 Å². The van der Waals surface area contributed by atoms with E-state index < -0.39 is 0 Å². The van der Waals surface area contributed by atoms with E-state index in [1.807, 2.05) is 18.7 Å². The van der Waals surface area contributed by atoms with Crippen LogP contribution in [0.2, 0.25) is 5.02 Å². The summed E-state index contributed by atoms with van der Waals surface area (Å²) >= 11 is 6.31.